The van der Waals surface area contributed by atoms with Crippen molar-refractivity contribution in [2.24, 2.45) is 11.8 Å². The molecule has 1 fully saturated rings. The molecule has 0 bridgehead atoms. The molecule has 1 saturated carbocycles. The summed E-state index contributed by atoms with van der Waals surface area (Å²) in [7, 11) is 0. The molecular weight excluding hydrogens is 294 g/mol. The molecule has 0 spiro atoms. The average molecular weight is 313 g/mol. The smallest absolute Gasteiger partial charge is 0.230 e. The number of aromatic nitrogens is 1. The van der Waals surface area contributed by atoms with E-state index < -0.39 is 0 Å². The van der Waals surface area contributed by atoms with Gasteiger partial charge >= 0.3 is 0 Å². The lowest BCUT2D eigenvalue weighted by molar-refractivity contribution is -0.123. The summed E-state index contributed by atoms with van der Waals surface area (Å²) in [5.74, 6) is 0.280. The van der Waals surface area contributed by atoms with Gasteiger partial charge in [-0.05, 0) is 32.4 Å². The van der Waals surface area contributed by atoms with Crippen LogP contribution in [0.25, 0.3) is 0 Å². The normalized spacial score (nSPS) is 19.2. The van der Waals surface area contributed by atoms with E-state index in [1.54, 1.807) is 17.9 Å². The van der Waals surface area contributed by atoms with E-state index in [9.17, 15) is 9.59 Å². The lowest BCUT2D eigenvalue weighted by Gasteiger charge is -2.21. The molecule has 2 atom stereocenters. The zero-order valence-electron chi connectivity index (χ0n) is 13.2. The number of para-hydroxylation sites is 1. The third-order valence-corrected chi connectivity index (χ3v) is 3.97. The average Bonchev–Trinajstić information content (AvgIpc) is 3.26. The van der Waals surface area contributed by atoms with E-state index in [1.807, 2.05) is 37.3 Å². The first kappa shape index (κ1) is 15.3. The van der Waals surface area contributed by atoms with Gasteiger partial charge in [-0.1, -0.05) is 23.4 Å². The van der Waals surface area contributed by atoms with E-state index in [4.69, 9.17) is 4.52 Å². The lowest BCUT2D eigenvalue weighted by atomic mass is 10.2. The van der Waals surface area contributed by atoms with Gasteiger partial charge in [0.15, 0.2) is 5.82 Å². The largest absolute Gasteiger partial charge is 0.360 e. The Labute approximate surface area is 134 Å². The molecule has 0 saturated heterocycles. The second-order valence-electron chi connectivity index (χ2n) is 5.68. The number of anilines is 2. The van der Waals surface area contributed by atoms with Gasteiger partial charge in [-0.2, -0.15) is 0 Å². The Bertz CT molecular complexity index is 711. The van der Waals surface area contributed by atoms with Gasteiger partial charge in [-0.25, -0.2) is 0 Å². The Morgan fingerprint density at radius 3 is 2.65 bits per heavy atom. The lowest BCUT2D eigenvalue weighted by Crippen LogP contribution is -2.33. The van der Waals surface area contributed by atoms with Crippen molar-refractivity contribution in [3.8, 4) is 0 Å². The Kier molecular flexibility index (Phi) is 4.14. The van der Waals surface area contributed by atoms with Gasteiger partial charge in [-0.3, -0.25) is 9.59 Å². The minimum Gasteiger partial charge on any atom is -0.360 e. The molecule has 1 N–H and O–H groups in total. The van der Waals surface area contributed by atoms with Crippen molar-refractivity contribution in [2.45, 2.75) is 20.3 Å². The summed E-state index contributed by atoms with van der Waals surface area (Å²) in [4.78, 5) is 26.5. The maximum Gasteiger partial charge on any atom is 0.230 e. The van der Waals surface area contributed by atoms with Crippen LogP contribution in [0.5, 0.6) is 0 Å². The summed E-state index contributed by atoms with van der Waals surface area (Å²) >= 11 is 0. The topological polar surface area (TPSA) is 75.4 Å². The maximum atomic E-state index is 12.6. The molecule has 2 unspecified atom stereocenters. The molecule has 0 radical (unpaired) electrons. The number of hydrogen-bond donors (Lipinski definition) is 1. The van der Waals surface area contributed by atoms with E-state index in [-0.39, 0.29) is 23.7 Å². The van der Waals surface area contributed by atoms with Crippen molar-refractivity contribution in [1.82, 2.24) is 5.16 Å². The van der Waals surface area contributed by atoms with Gasteiger partial charge in [0.25, 0.3) is 0 Å². The van der Waals surface area contributed by atoms with Crippen molar-refractivity contribution in [1.29, 1.82) is 0 Å². The Hall–Kier alpha value is -2.63. The fourth-order valence-corrected chi connectivity index (χ4v) is 2.68. The highest BCUT2D eigenvalue weighted by molar-refractivity contribution is 6.04. The Morgan fingerprint density at radius 2 is 2.04 bits per heavy atom. The minimum absolute atomic E-state index is 0.00446. The Balaban J connectivity index is 1.62. The molecule has 1 aliphatic carbocycles. The molecule has 1 aromatic carbocycles. The molecule has 6 heteroatoms. The summed E-state index contributed by atoms with van der Waals surface area (Å²) in [5.41, 5.74) is 0.859. The highest BCUT2D eigenvalue weighted by Gasteiger charge is 2.49. The third-order valence-electron chi connectivity index (χ3n) is 3.97. The summed E-state index contributed by atoms with van der Waals surface area (Å²) in [6.45, 7) is 4.27. The monoisotopic (exact) mass is 313 g/mol. The van der Waals surface area contributed by atoms with Gasteiger partial charge in [0.2, 0.25) is 11.8 Å². The molecule has 2 aromatic rings. The van der Waals surface area contributed by atoms with Crippen LogP contribution >= 0.6 is 0 Å². The van der Waals surface area contributed by atoms with Crippen LogP contribution in [0.4, 0.5) is 11.5 Å². The predicted molar refractivity (Wildman–Crippen MR) is 85.9 cm³/mol. The van der Waals surface area contributed by atoms with Crippen LogP contribution in [-0.4, -0.2) is 23.5 Å². The van der Waals surface area contributed by atoms with Gasteiger partial charge in [0, 0.05) is 18.3 Å². The fourth-order valence-electron chi connectivity index (χ4n) is 2.68. The number of hydrogen-bond acceptors (Lipinski definition) is 4. The van der Waals surface area contributed by atoms with Crippen LogP contribution < -0.4 is 10.2 Å². The Morgan fingerprint density at radius 1 is 1.30 bits per heavy atom. The fraction of sp³-hybridized carbons (Fsp3) is 0.353. The first-order chi connectivity index (χ1) is 11.1. The summed E-state index contributed by atoms with van der Waals surface area (Å²) in [6, 6.07) is 11.2. The number of nitrogens with one attached hydrogen (secondary N) is 1. The number of aryl methyl sites for hydroxylation is 1. The number of benzene rings is 1. The van der Waals surface area contributed by atoms with Crippen molar-refractivity contribution in [2.75, 3.05) is 16.8 Å². The standard InChI is InChI=1S/C17H19N3O3/c1-3-20(12-7-5-4-6-8-12)17(22)14-10-13(14)16(21)18-15-9-11(2)23-19-15/h4-9,13-14H,3,10H2,1-2H3,(H,18,19,21). The van der Waals surface area contributed by atoms with Crippen molar-refractivity contribution < 1.29 is 14.1 Å². The van der Waals surface area contributed by atoms with Crippen LogP contribution in [0.1, 0.15) is 19.1 Å². The number of carbonyl (C=O) groups is 2. The van der Waals surface area contributed by atoms with Crippen LogP contribution in [-0.2, 0) is 9.59 Å². The van der Waals surface area contributed by atoms with Gasteiger partial charge in [0.1, 0.15) is 5.76 Å². The van der Waals surface area contributed by atoms with E-state index in [2.05, 4.69) is 10.5 Å². The van der Waals surface area contributed by atoms with Gasteiger partial charge in [0.05, 0.1) is 11.8 Å². The molecule has 1 aromatic heterocycles. The SMILES string of the molecule is CCN(C(=O)C1CC1C(=O)Nc1cc(C)on1)c1ccccc1. The summed E-state index contributed by atoms with van der Waals surface area (Å²) in [5, 5.41) is 6.42. The van der Waals surface area contributed by atoms with E-state index in [1.165, 1.54) is 0 Å². The van der Waals surface area contributed by atoms with Crippen molar-refractivity contribution in [3.63, 3.8) is 0 Å². The molecule has 0 aliphatic heterocycles. The van der Waals surface area contributed by atoms with Crippen molar-refractivity contribution >= 4 is 23.3 Å². The first-order valence-electron chi connectivity index (χ1n) is 7.70. The molecule has 1 aliphatic rings. The number of rotatable bonds is 5. The molecular formula is C17H19N3O3. The van der Waals surface area contributed by atoms with Crippen LogP contribution in [0.2, 0.25) is 0 Å². The van der Waals surface area contributed by atoms with E-state index in [0.717, 1.165) is 5.69 Å². The zero-order chi connectivity index (χ0) is 16.4. The number of nitrogens with zero attached hydrogens (tertiary/aromatic N) is 2. The van der Waals surface area contributed by atoms with E-state index >= 15 is 0 Å². The maximum absolute atomic E-state index is 12.6. The summed E-state index contributed by atoms with van der Waals surface area (Å²) < 4.78 is 4.91. The van der Waals surface area contributed by atoms with Crippen LogP contribution in [0, 0.1) is 18.8 Å². The minimum atomic E-state index is -0.294. The summed E-state index contributed by atoms with van der Waals surface area (Å²) in [6.07, 6.45) is 0.574. The zero-order valence-corrected chi connectivity index (χ0v) is 13.2. The molecule has 1 heterocycles. The molecule has 23 heavy (non-hydrogen) atoms. The molecule has 2 amide bonds. The van der Waals surface area contributed by atoms with E-state index in [0.29, 0.717) is 24.5 Å². The first-order valence-corrected chi connectivity index (χ1v) is 7.70. The predicted octanol–water partition coefficient (Wildman–Crippen LogP) is 2.61. The molecule has 6 nitrogen and oxygen atoms in total. The number of carbonyl (C=O) groups excluding carboxylic acids is 2. The van der Waals surface area contributed by atoms with Gasteiger partial charge < -0.3 is 14.7 Å². The second-order valence-corrected chi connectivity index (χ2v) is 5.68. The quantitative estimate of drug-likeness (QED) is 0.920. The molecule has 3 rings (SSSR count). The molecule has 120 valence electrons. The second kappa shape index (κ2) is 6.24. The highest BCUT2D eigenvalue weighted by Crippen LogP contribution is 2.41. The third kappa shape index (κ3) is 3.26. The van der Waals surface area contributed by atoms with Crippen molar-refractivity contribution in [3.05, 3.63) is 42.2 Å². The van der Waals surface area contributed by atoms with Crippen LogP contribution in [0.3, 0.4) is 0 Å². The number of amides is 2. The highest BCUT2D eigenvalue weighted by atomic mass is 16.5. The van der Waals surface area contributed by atoms with Crippen LogP contribution in [0.15, 0.2) is 40.9 Å². The van der Waals surface area contributed by atoms with Gasteiger partial charge in [-0.15, -0.1) is 0 Å².